The highest BCUT2D eigenvalue weighted by atomic mass is 16.4. The van der Waals surface area contributed by atoms with Crippen LogP contribution in [0.1, 0.15) is 27.9 Å². The third kappa shape index (κ3) is 2.67. The molecule has 0 bridgehead atoms. The first kappa shape index (κ1) is 12.7. The van der Waals surface area contributed by atoms with Crippen molar-refractivity contribution >= 4 is 11.7 Å². The SMILES string of the molecule is O=C(O)c1ccc(NC2CCc3ccccc3C2)cc1. The lowest BCUT2D eigenvalue weighted by Gasteiger charge is -2.26. The van der Waals surface area contributed by atoms with Crippen molar-refractivity contribution in [2.45, 2.75) is 25.3 Å². The van der Waals surface area contributed by atoms with Gasteiger partial charge in [0.05, 0.1) is 5.56 Å². The summed E-state index contributed by atoms with van der Waals surface area (Å²) in [6.07, 6.45) is 3.23. The van der Waals surface area contributed by atoms with E-state index in [4.69, 9.17) is 5.11 Å². The maximum Gasteiger partial charge on any atom is 0.335 e. The molecule has 3 nitrogen and oxygen atoms in total. The summed E-state index contributed by atoms with van der Waals surface area (Å²) in [5.41, 5.74) is 4.18. The average molecular weight is 267 g/mol. The van der Waals surface area contributed by atoms with Crippen molar-refractivity contribution in [3.8, 4) is 0 Å². The van der Waals surface area contributed by atoms with Crippen LogP contribution in [0.15, 0.2) is 48.5 Å². The number of hydrogen-bond donors (Lipinski definition) is 2. The van der Waals surface area contributed by atoms with Crippen LogP contribution in [0, 0.1) is 0 Å². The molecule has 0 amide bonds. The Bertz CT molecular complexity index is 619. The zero-order valence-corrected chi connectivity index (χ0v) is 11.2. The van der Waals surface area contributed by atoms with Crippen molar-refractivity contribution in [3.05, 3.63) is 65.2 Å². The molecule has 3 rings (SSSR count). The van der Waals surface area contributed by atoms with Crippen molar-refractivity contribution in [2.24, 2.45) is 0 Å². The number of rotatable bonds is 3. The first-order valence-corrected chi connectivity index (χ1v) is 6.89. The van der Waals surface area contributed by atoms with E-state index in [0.717, 1.165) is 24.9 Å². The predicted molar refractivity (Wildman–Crippen MR) is 79.3 cm³/mol. The Kier molecular flexibility index (Phi) is 3.42. The maximum absolute atomic E-state index is 10.8. The second-order valence-electron chi connectivity index (χ2n) is 5.24. The minimum absolute atomic E-state index is 0.324. The summed E-state index contributed by atoms with van der Waals surface area (Å²) in [5, 5.41) is 12.4. The van der Waals surface area contributed by atoms with Crippen LogP contribution in [-0.4, -0.2) is 17.1 Å². The Morgan fingerprint density at radius 3 is 2.45 bits per heavy atom. The molecule has 2 aromatic carbocycles. The zero-order valence-electron chi connectivity index (χ0n) is 11.2. The molecule has 1 unspecified atom stereocenters. The number of hydrogen-bond acceptors (Lipinski definition) is 2. The van der Waals surface area contributed by atoms with E-state index in [1.54, 1.807) is 12.1 Å². The van der Waals surface area contributed by atoms with E-state index in [-0.39, 0.29) is 0 Å². The third-order valence-electron chi connectivity index (χ3n) is 3.85. The second-order valence-corrected chi connectivity index (χ2v) is 5.24. The van der Waals surface area contributed by atoms with Gasteiger partial charge in [-0.1, -0.05) is 24.3 Å². The monoisotopic (exact) mass is 267 g/mol. The highest BCUT2D eigenvalue weighted by Gasteiger charge is 2.17. The summed E-state index contributed by atoms with van der Waals surface area (Å²) < 4.78 is 0. The number of benzene rings is 2. The molecule has 102 valence electrons. The molecular formula is C17H17NO2. The van der Waals surface area contributed by atoms with Crippen molar-refractivity contribution < 1.29 is 9.90 Å². The van der Waals surface area contributed by atoms with Crippen LogP contribution < -0.4 is 5.32 Å². The molecular weight excluding hydrogens is 250 g/mol. The van der Waals surface area contributed by atoms with Gasteiger partial charge < -0.3 is 10.4 Å². The van der Waals surface area contributed by atoms with Gasteiger partial charge in [-0.05, 0) is 54.7 Å². The minimum Gasteiger partial charge on any atom is -0.478 e. The van der Waals surface area contributed by atoms with Crippen LogP contribution in [0.3, 0.4) is 0 Å². The molecule has 0 saturated heterocycles. The number of nitrogens with one attached hydrogen (secondary N) is 1. The van der Waals surface area contributed by atoms with Crippen LogP contribution in [-0.2, 0) is 12.8 Å². The van der Waals surface area contributed by atoms with Crippen molar-refractivity contribution in [1.29, 1.82) is 0 Å². The quantitative estimate of drug-likeness (QED) is 0.896. The largest absolute Gasteiger partial charge is 0.478 e. The molecule has 0 heterocycles. The fourth-order valence-electron chi connectivity index (χ4n) is 2.77. The first-order chi connectivity index (χ1) is 9.72. The van der Waals surface area contributed by atoms with Gasteiger partial charge in [0.25, 0.3) is 0 Å². The van der Waals surface area contributed by atoms with Crippen LogP contribution in [0.4, 0.5) is 5.69 Å². The lowest BCUT2D eigenvalue weighted by molar-refractivity contribution is 0.0697. The number of aromatic carboxylic acids is 1. The molecule has 0 fully saturated rings. The molecule has 2 N–H and O–H groups in total. The summed E-state index contributed by atoms with van der Waals surface area (Å²) in [7, 11) is 0. The van der Waals surface area contributed by atoms with Crippen molar-refractivity contribution in [1.82, 2.24) is 0 Å². The molecule has 0 saturated carbocycles. The van der Waals surface area contributed by atoms with E-state index in [0.29, 0.717) is 11.6 Å². The van der Waals surface area contributed by atoms with Gasteiger partial charge in [0.1, 0.15) is 0 Å². The smallest absolute Gasteiger partial charge is 0.335 e. The highest BCUT2D eigenvalue weighted by molar-refractivity contribution is 5.88. The van der Waals surface area contributed by atoms with Gasteiger partial charge >= 0.3 is 5.97 Å². The van der Waals surface area contributed by atoms with Gasteiger partial charge in [0, 0.05) is 11.7 Å². The number of fused-ring (bicyclic) bond motifs is 1. The minimum atomic E-state index is -0.886. The Balaban J connectivity index is 1.69. The van der Waals surface area contributed by atoms with E-state index in [2.05, 4.69) is 29.6 Å². The lowest BCUT2D eigenvalue weighted by Crippen LogP contribution is -2.27. The van der Waals surface area contributed by atoms with Crippen LogP contribution in [0.25, 0.3) is 0 Å². The molecule has 0 aliphatic heterocycles. The van der Waals surface area contributed by atoms with Gasteiger partial charge in [-0.3, -0.25) is 0 Å². The van der Waals surface area contributed by atoms with Gasteiger partial charge in [0.15, 0.2) is 0 Å². The van der Waals surface area contributed by atoms with Gasteiger partial charge in [-0.2, -0.15) is 0 Å². The van der Waals surface area contributed by atoms with Crippen LogP contribution >= 0.6 is 0 Å². The standard InChI is InChI=1S/C17H17NO2/c19-17(20)13-6-8-15(9-7-13)18-16-10-5-12-3-1-2-4-14(12)11-16/h1-4,6-9,16,18H,5,10-11H2,(H,19,20). The van der Waals surface area contributed by atoms with Gasteiger partial charge in [-0.25, -0.2) is 4.79 Å². The molecule has 20 heavy (non-hydrogen) atoms. The van der Waals surface area contributed by atoms with E-state index in [9.17, 15) is 4.79 Å². The topological polar surface area (TPSA) is 49.3 Å². The molecule has 3 heteroatoms. The summed E-state index contributed by atoms with van der Waals surface area (Å²) in [6, 6.07) is 15.9. The fourth-order valence-corrected chi connectivity index (χ4v) is 2.77. The molecule has 0 spiro atoms. The Morgan fingerprint density at radius 2 is 1.75 bits per heavy atom. The normalized spacial score (nSPS) is 17.3. The number of carboxylic acid groups (broad SMARTS) is 1. The lowest BCUT2D eigenvalue weighted by atomic mass is 9.88. The number of aryl methyl sites for hydroxylation is 1. The molecule has 1 aliphatic carbocycles. The summed E-state index contributed by atoms with van der Waals surface area (Å²) in [5.74, 6) is -0.886. The van der Waals surface area contributed by atoms with Crippen molar-refractivity contribution in [3.63, 3.8) is 0 Å². The molecule has 0 radical (unpaired) electrons. The Hall–Kier alpha value is -2.29. The van der Waals surface area contributed by atoms with E-state index < -0.39 is 5.97 Å². The number of anilines is 1. The molecule has 0 aromatic heterocycles. The predicted octanol–water partition coefficient (Wildman–Crippen LogP) is 3.35. The Morgan fingerprint density at radius 1 is 1.05 bits per heavy atom. The van der Waals surface area contributed by atoms with E-state index >= 15 is 0 Å². The summed E-state index contributed by atoms with van der Waals surface area (Å²) >= 11 is 0. The van der Waals surface area contributed by atoms with Gasteiger partial charge in [0.2, 0.25) is 0 Å². The fraction of sp³-hybridized carbons (Fsp3) is 0.235. The number of carbonyl (C=O) groups is 1. The zero-order chi connectivity index (χ0) is 13.9. The van der Waals surface area contributed by atoms with E-state index in [1.165, 1.54) is 11.1 Å². The Labute approximate surface area is 118 Å². The van der Waals surface area contributed by atoms with Gasteiger partial charge in [-0.15, -0.1) is 0 Å². The van der Waals surface area contributed by atoms with Crippen LogP contribution in [0.2, 0.25) is 0 Å². The molecule has 2 aromatic rings. The van der Waals surface area contributed by atoms with E-state index in [1.807, 2.05) is 12.1 Å². The third-order valence-corrected chi connectivity index (χ3v) is 3.85. The summed E-state index contributed by atoms with van der Waals surface area (Å²) in [4.78, 5) is 10.8. The highest BCUT2D eigenvalue weighted by Crippen LogP contribution is 2.23. The first-order valence-electron chi connectivity index (χ1n) is 6.89. The number of carboxylic acids is 1. The second kappa shape index (κ2) is 5.37. The maximum atomic E-state index is 10.8. The summed E-state index contributed by atoms with van der Waals surface area (Å²) in [6.45, 7) is 0. The average Bonchev–Trinajstić information content (AvgIpc) is 2.48. The van der Waals surface area contributed by atoms with Crippen LogP contribution in [0.5, 0.6) is 0 Å². The molecule has 1 atom stereocenters. The molecule has 1 aliphatic rings. The van der Waals surface area contributed by atoms with Crippen molar-refractivity contribution in [2.75, 3.05) is 5.32 Å².